The molecule has 80 valence electrons. The minimum Gasteiger partial charge on any atom is -0.379 e. The van der Waals surface area contributed by atoms with Crippen molar-refractivity contribution in [3.8, 4) is 0 Å². The third-order valence-corrected chi connectivity index (χ3v) is 3.16. The Balaban J connectivity index is 2.06. The maximum atomic E-state index is 11.7. The first-order chi connectivity index (χ1) is 6.72. The molecule has 1 N–H and O–H groups in total. The van der Waals surface area contributed by atoms with E-state index in [2.05, 4.69) is 12.2 Å². The normalized spacial score (nSPS) is 34.6. The van der Waals surface area contributed by atoms with Crippen LogP contribution in [0.5, 0.6) is 0 Å². The maximum Gasteiger partial charge on any atom is 0.237 e. The van der Waals surface area contributed by atoms with Crippen LogP contribution < -0.4 is 5.32 Å². The van der Waals surface area contributed by atoms with Crippen molar-refractivity contribution in [1.82, 2.24) is 10.2 Å². The summed E-state index contributed by atoms with van der Waals surface area (Å²) in [6, 6.07) is 0. The summed E-state index contributed by atoms with van der Waals surface area (Å²) in [4.78, 5) is 13.7. The van der Waals surface area contributed by atoms with E-state index in [0.29, 0.717) is 13.2 Å². The topological polar surface area (TPSA) is 41.6 Å². The van der Waals surface area contributed by atoms with E-state index in [0.717, 1.165) is 32.5 Å². The average Bonchev–Trinajstić information content (AvgIpc) is 2.19. The van der Waals surface area contributed by atoms with Gasteiger partial charge in [0.2, 0.25) is 5.91 Å². The van der Waals surface area contributed by atoms with Crippen LogP contribution in [0.2, 0.25) is 0 Å². The van der Waals surface area contributed by atoms with Crippen LogP contribution in [-0.4, -0.2) is 49.2 Å². The molecule has 2 rings (SSSR count). The first-order valence-electron chi connectivity index (χ1n) is 5.31. The van der Waals surface area contributed by atoms with Crippen molar-refractivity contribution in [3.05, 3.63) is 0 Å². The van der Waals surface area contributed by atoms with Gasteiger partial charge >= 0.3 is 0 Å². The number of piperazine rings is 1. The SMILES string of the molecule is CC1(N2CCNCC2=O)CCCOC1. The summed E-state index contributed by atoms with van der Waals surface area (Å²) in [6.45, 7) is 5.87. The fraction of sp³-hybridized carbons (Fsp3) is 0.900. The molecule has 14 heavy (non-hydrogen) atoms. The van der Waals surface area contributed by atoms with Crippen molar-refractivity contribution < 1.29 is 9.53 Å². The van der Waals surface area contributed by atoms with Gasteiger partial charge in [-0.3, -0.25) is 4.79 Å². The molecule has 1 unspecified atom stereocenters. The summed E-state index contributed by atoms with van der Waals surface area (Å²) in [7, 11) is 0. The molecule has 4 heteroatoms. The highest BCUT2D eigenvalue weighted by molar-refractivity contribution is 5.79. The first-order valence-corrected chi connectivity index (χ1v) is 5.31. The zero-order valence-corrected chi connectivity index (χ0v) is 8.71. The van der Waals surface area contributed by atoms with E-state index in [1.54, 1.807) is 0 Å². The van der Waals surface area contributed by atoms with Gasteiger partial charge in [0.15, 0.2) is 0 Å². The van der Waals surface area contributed by atoms with Gasteiger partial charge in [-0.05, 0) is 19.8 Å². The maximum absolute atomic E-state index is 11.7. The van der Waals surface area contributed by atoms with Gasteiger partial charge in [-0.1, -0.05) is 0 Å². The van der Waals surface area contributed by atoms with Crippen molar-refractivity contribution in [2.24, 2.45) is 0 Å². The standard InChI is InChI=1S/C10H18N2O2/c1-10(3-2-6-14-8-10)12-5-4-11-7-9(12)13/h11H,2-8H2,1H3. The lowest BCUT2D eigenvalue weighted by Gasteiger charge is -2.45. The second kappa shape index (κ2) is 3.87. The molecule has 2 saturated heterocycles. The van der Waals surface area contributed by atoms with E-state index >= 15 is 0 Å². The van der Waals surface area contributed by atoms with Gasteiger partial charge in [-0.25, -0.2) is 0 Å². The fourth-order valence-electron chi connectivity index (χ4n) is 2.31. The van der Waals surface area contributed by atoms with E-state index < -0.39 is 0 Å². The molecule has 0 aliphatic carbocycles. The molecular formula is C10H18N2O2. The Hall–Kier alpha value is -0.610. The summed E-state index contributed by atoms with van der Waals surface area (Å²) >= 11 is 0. The van der Waals surface area contributed by atoms with Crippen LogP contribution in [0, 0.1) is 0 Å². The molecule has 0 aromatic heterocycles. The molecule has 2 aliphatic rings. The molecule has 2 heterocycles. The highest BCUT2D eigenvalue weighted by atomic mass is 16.5. The highest BCUT2D eigenvalue weighted by Crippen LogP contribution is 2.26. The number of nitrogens with zero attached hydrogens (tertiary/aromatic N) is 1. The van der Waals surface area contributed by atoms with Crippen molar-refractivity contribution in [2.75, 3.05) is 32.8 Å². The summed E-state index contributed by atoms with van der Waals surface area (Å²) in [6.07, 6.45) is 2.13. The zero-order chi connectivity index (χ0) is 10.0. The molecule has 0 spiro atoms. The van der Waals surface area contributed by atoms with Crippen LogP contribution in [-0.2, 0) is 9.53 Å². The van der Waals surface area contributed by atoms with Gasteiger partial charge in [-0.15, -0.1) is 0 Å². The van der Waals surface area contributed by atoms with Crippen molar-refractivity contribution in [1.29, 1.82) is 0 Å². The predicted octanol–water partition coefficient (Wildman–Crippen LogP) is -0.0127. The second-order valence-corrected chi connectivity index (χ2v) is 4.38. The van der Waals surface area contributed by atoms with Gasteiger partial charge in [0.25, 0.3) is 0 Å². The number of rotatable bonds is 1. The number of hydrogen-bond donors (Lipinski definition) is 1. The summed E-state index contributed by atoms with van der Waals surface area (Å²) in [5, 5.41) is 3.09. The smallest absolute Gasteiger partial charge is 0.237 e. The molecule has 2 aliphatic heterocycles. The van der Waals surface area contributed by atoms with Gasteiger partial charge in [-0.2, -0.15) is 0 Å². The Labute approximate surface area is 84.6 Å². The summed E-state index contributed by atoms with van der Waals surface area (Å²) in [5.41, 5.74) is -0.0581. The van der Waals surface area contributed by atoms with Gasteiger partial charge in [0, 0.05) is 19.7 Å². The molecule has 0 aromatic carbocycles. The van der Waals surface area contributed by atoms with Gasteiger partial charge in [0.1, 0.15) is 0 Å². The monoisotopic (exact) mass is 198 g/mol. The lowest BCUT2D eigenvalue weighted by atomic mass is 9.92. The van der Waals surface area contributed by atoms with Crippen LogP contribution in [0.15, 0.2) is 0 Å². The predicted molar refractivity (Wildman–Crippen MR) is 53.0 cm³/mol. The molecule has 4 nitrogen and oxygen atoms in total. The van der Waals surface area contributed by atoms with Crippen molar-refractivity contribution >= 4 is 5.91 Å². The number of amides is 1. The minimum atomic E-state index is -0.0581. The Bertz CT molecular complexity index is 224. The quantitative estimate of drug-likeness (QED) is 0.644. The minimum absolute atomic E-state index is 0.0581. The number of carbonyl (C=O) groups is 1. The first kappa shape index (κ1) is 9.93. The molecule has 1 atom stereocenters. The van der Waals surface area contributed by atoms with E-state index in [1.807, 2.05) is 4.90 Å². The van der Waals surface area contributed by atoms with E-state index in [9.17, 15) is 4.79 Å². The molecular weight excluding hydrogens is 180 g/mol. The van der Waals surface area contributed by atoms with E-state index in [1.165, 1.54) is 0 Å². The van der Waals surface area contributed by atoms with E-state index in [4.69, 9.17) is 4.74 Å². The Morgan fingerprint density at radius 1 is 1.57 bits per heavy atom. The lowest BCUT2D eigenvalue weighted by Crippen LogP contribution is -2.60. The summed E-state index contributed by atoms with van der Waals surface area (Å²) < 4.78 is 5.47. The molecule has 0 bridgehead atoms. The second-order valence-electron chi connectivity index (χ2n) is 4.38. The number of hydrogen-bond acceptors (Lipinski definition) is 3. The molecule has 0 aromatic rings. The molecule has 0 radical (unpaired) electrons. The van der Waals surface area contributed by atoms with Crippen LogP contribution in [0.4, 0.5) is 0 Å². The highest BCUT2D eigenvalue weighted by Gasteiger charge is 2.37. The van der Waals surface area contributed by atoms with Gasteiger partial charge < -0.3 is 15.0 Å². The Morgan fingerprint density at radius 2 is 2.43 bits per heavy atom. The van der Waals surface area contributed by atoms with E-state index in [-0.39, 0.29) is 11.4 Å². The van der Waals surface area contributed by atoms with Crippen LogP contribution in [0.1, 0.15) is 19.8 Å². The Morgan fingerprint density at radius 3 is 3.07 bits per heavy atom. The largest absolute Gasteiger partial charge is 0.379 e. The van der Waals surface area contributed by atoms with Crippen LogP contribution in [0.3, 0.4) is 0 Å². The average molecular weight is 198 g/mol. The van der Waals surface area contributed by atoms with Crippen molar-refractivity contribution in [3.63, 3.8) is 0 Å². The van der Waals surface area contributed by atoms with Crippen molar-refractivity contribution in [2.45, 2.75) is 25.3 Å². The zero-order valence-electron chi connectivity index (χ0n) is 8.71. The number of carbonyl (C=O) groups excluding carboxylic acids is 1. The molecule has 0 saturated carbocycles. The third-order valence-electron chi connectivity index (χ3n) is 3.16. The fourth-order valence-corrected chi connectivity index (χ4v) is 2.31. The Kier molecular flexibility index (Phi) is 2.74. The van der Waals surface area contributed by atoms with Crippen LogP contribution >= 0.6 is 0 Å². The molecule has 1 amide bonds. The number of ether oxygens (including phenoxy) is 1. The molecule has 2 fully saturated rings. The third kappa shape index (κ3) is 1.77. The number of nitrogens with one attached hydrogen (secondary N) is 1. The summed E-state index contributed by atoms with van der Waals surface area (Å²) in [5.74, 6) is 0.212. The van der Waals surface area contributed by atoms with Crippen LogP contribution in [0.25, 0.3) is 0 Å². The lowest BCUT2D eigenvalue weighted by molar-refractivity contribution is -0.144. The van der Waals surface area contributed by atoms with Gasteiger partial charge in [0.05, 0.1) is 18.7 Å².